The van der Waals surface area contributed by atoms with Crippen molar-refractivity contribution in [1.82, 2.24) is 4.98 Å². The molecule has 80 valence electrons. The Balaban J connectivity index is 2.65. The van der Waals surface area contributed by atoms with E-state index in [-0.39, 0.29) is 6.10 Å². The van der Waals surface area contributed by atoms with E-state index in [2.05, 4.69) is 11.9 Å². The lowest BCUT2D eigenvalue weighted by Gasteiger charge is -2.12. The molecular formula is C10H18N2OS. The van der Waals surface area contributed by atoms with Gasteiger partial charge in [-0.1, -0.05) is 13.3 Å². The molecule has 1 unspecified atom stereocenters. The van der Waals surface area contributed by atoms with E-state index in [0.717, 1.165) is 30.2 Å². The predicted octanol–water partition coefficient (Wildman–Crippen LogP) is 2.48. The molecule has 1 aromatic heterocycles. The van der Waals surface area contributed by atoms with Crippen molar-refractivity contribution in [3.8, 4) is 0 Å². The molecule has 1 rings (SSSR count). The van der Waals surface area contributed by atoms with E-state index in [1.165, 1.54) is 0 Å². The Kier molecular flexibility index (Phi) is 5.07. The van der Waals surface area contributed by atoms with Crippen LogP contribution >= 0.6 is 11.3 Å². The van der Waals surface area contributed by atoms with Crippen molar-refractivity contribution in [1.29, 1.82) is 0 Å². The van der Waals surface area contributed by atoms with Gasteiger partial charge in [0.2, 0.25) is 0 Å². The molecule has 1 aromatic rings. The van der Waals surface area contributed by atoms with Gasteiger partial charge in [0.25, 0.3) is 0 Å². The molecule has 0 fully saturated rings. The largest absolute Gasteiger partial charge is 0.371 e. The van der Waals surface area contributed by atoms with Gasteiger partial charge in [-0.25, -0.2) is 4.98 Å². The van der Waals surface area contributed by atoms with Crippen LogP contribution in [-0.4, -0.2) is 11.6 Å². The Hall–Kier alpha value is -0.450. The van der Waals surface area contributed by atoms with Crippen LogP contribution in [0.25, 0.3) is 0 Å². The summed E-state index contributed by atoms with van der Waals surface area (Å²) in [5.41, 5.74) is 6.48. The minimum absolute atomic E-state index is 0.162. The molecule has 3 nitrogen and oxygen atoms in total. The maximum absolute atomic E-state index is 5.63. The van der Waals surface area contributed by atoms with E-state index in [4.69, 9.17) is 10.5 Å². The van der Waals surface area contributed by atoms with Gasteiger partial charge < -0.3 is 10.5 Å². The summed E-state index contributed by atoms with van der Waals surface area (Å²) in [4.78, 5) is 4.43. The molecule has 0 aromatic carbocycles. The monoisotopic (exact) mass is 214 g/mol. The van der Waals surface area contributed by atoms with Crippen molar-refractivity contribution in [2.24, 2.45) is 5.73 Å². The Bertz CT molecular complexity index is 256. The molecule has 0 aliphatic rings. The van der Waals surface area contributed by atoms with Gasteiger partial charge in [-0.15, -0.1) is 11.3 Å². The van der Waals surface area contributed by atoms with E-state index in [1.807, 2.05) is 12.3 Å². The third-order valence-electron chi connectivity index (χ3n) is 1.97. The van der Waals surface area contributed by atoms with E-state index in [0.29, 0.717) is 6.54 Å². The average Bonchev–Trinajstić information content (AvgIpc) is 2.65. The fourth-order valence-corrected chi connectivity index (χ4v) is 2.22. The highest BCUT2D eigenvalue weighted by Gasteiger charge is 2.14. The van der Waals surface area contributed by atoms with E-state index in [9.17, 15) is 0 Å². The lowest BCUT2D eigenvalue weighted by Crippen LogP contribution is -2.04. The number of aromatic nitrogens is 1. The van der Waals surface area contributed by atoms with Crippen molar-refractivity contribution < 1.29 is 4.74 Å². The number of rotatable bonds is 6. The Labute approximate surface area is 89.3 Å². The second-order valence-corrected chi connectivity index (χ2v) is 4.00. The van der Waals surface area contributed by atoms with Crippen molar-refractivity contribution >= 4 is 11.3 Å². The van der Waals surface area contributed by atoms with Crippen LogP contribution in [0.2, 0.25) is 0 Å². The molecular weight excluding hydrogens is 196 g/mol. The number of thiazole rings is 1. The Morgan fingerprint density at radius 1 is 1.57 bits per heavy atom. The number of nitrogens with zero attached hydrogens (tertiary/aromatic N) is 1. The Morgan fingerprint density at radius 2 is 2.36 bits per heavy atom. The van der Waals surface area contributed by atoms with Crippen molar-refractivity contribution in [2.45, 2.75) is 39.3 Å². The predicted molar refractivity (Wildman–Crippen MR) is 59.3 cm³/mol. The van der Waals surface area contributed by atoms with Gasteiger partial charge in [0.15, 0.2) is 0 Å². The molecule has 0 bridgehead atoms. The van der Waals surface area contributed by atoms with E-state index in [1.54, 1.807) is 11.3 Å². The fraction of sp³-hybridized carbons (Fsp3) is 0.700. The van der Waals surface area contributed by atoms with Gasteiger partial charge in [0, 0.05) is 18.5 Å². The van der Waals surface area contributed by atoms with Gasteiger partial charge in [0.05, 0.1) is 5.69 Å². The van der Waals surface area contributed by atoms with Crippen LogP contribution in [0.4, 0.5) is 0 Å². The lowest BCUT2D eigenvalue weighted by molar-refractivity contribution is 0.0554. The van der Waals surface area contributed by atoms with Crippen LogP contribution in [-0.2, 0) is 11.3 Å². The summed E-state index contributed by atoms with van der Waals surface area (Å²) in [6.45, 7) is 5.42. The summed E-state index contributed by atoms with van der Waals surface area (Å²) >= 11 is 1.65. The SMILES string of the molecule is CCCC(OCC)c1nc(CN)cs1. The number of hydrogen-bond donors (Lipinski definition) is 1. The van der Waals surface area contributed by atoms with Crippen LogP contribution in [0.1, 0.15) is 43.5 Å². The average molecular weight is 214 g/mol. The van der Waals surface area contributed by atoms with Crippen LogP contribution in [0.5, 0.6) is 0 Å². The van der Waals surface area contributed by atoms with Gasteiger partial charge in [0.1, 0.15) is 11.1 Å². The molecule has 0 amide bonds. The minimum Gasteiger partial charge on any atom is -0.371 e. The third-order valence-corrected chi connectivity index (χ3v) is 2.96. The number of nitrogens with two attached hydrogens (primary N) is 1. The summed E-state index contributed by atoms with van der Waals surface area (Å²) in [7, 11) is 0. The molecule has 0 aliphatic carbocycles. The molecule has 0 saturated heterocycles. The molecule has 14 heavy (non-hydrogen) atoms. The molecule has 0 spiro atoms. The second kappa shape index (κ2) is 6.11. The number of ether oxygens (including phenoxy) is 1. The minimum atomic E-state index is 0.162. The summed E-state index contributed by atoms with van der Waals surface area (Å²) in [6.07, 6.45) is 2.31. The molecule has 2 N–H and O–H groups in total. The maximum atomic E-state index is 5.63. The van der Waals surface area contributed by atoms with Crippen molar-refractivity contribution in [2.75, 3.05) is 6.61 Å². The van der Waals surface area contributed by atoms with Gasteiger partial charge in [-0.3, -0.25) is 0 Å². The topological polar surface area (TPSA) is 48.1 Å². The quantitative estimate of drug-likeness (QED) is 0.791. The van der Waals surface area contributed by atoms with Crippen LogP contribution in [0.3, 0.4) is 0 Å². The maximum Gasteiger partial charge on any atom is 0.122 e. The van der Waals surface area contributed by atoms with Crippen molar-refractivity contribution in [3.63, 3.8) is 0 Å². The summed E-state index contributed by atoms with van der Waals surface area (Å²) in [5.74, 6) is 0. The zero-order valence-electron chi connectivity index (χ0n) is 8.82. The van der Waals surface area contributed by atoms with Crippen LogP contribution in [0, 0.1) is 0 Å². The first-order valence-corrected chi connectivity index (χ1v) is 5.95. The Morgan fingerprint density at radius 3 is 2.86 bits per heavy atom. The standard InChI is InChI=1S/C10H18N2OS/c1-3-5-9(13-4-2)10-12-8(6-11)7-14-10/h7,9H,3-6,11H2,1-2H3. The molecule has 0 radical (unpaired) electrons. The van der Waals surface area contributed by atoms with Gasteiger partial charge >= 0.3 is 0 Å². The first kappa shape index (κ1) is 11.6. The highest BCUT2D eigenvalue weighted by Crippen LogP contribution is 2.25. The molecule has 1 heterocycles. The highest BCUT2D eigenvalue weighted by molar-refractivity contribution is 7.09. The summed E-state index contributed by atoms with van der Waals surface area (Å²) in [6, 6.07) is 0. The number of hydrogen-bond acceptors (Lipinski definition) is 4. The van der Waals surface area contributed by atoms with Gasteiger partial charge in [-0.2, -0.15) is 0 Å². The molecule has 1 atom stereocenters. The van der Waals surface area contributed by atoms with E-state index < -0.39 is 0 Å². The molecule has 4 heteroatoms. The molecule has 0 aliphatic heterocycles. The first-order chi connectivity index (χ1) is 6.81. The summed E-state index contributed by atoms with van der Waals surface area (Å²) < 4.78 is 5.63. The van der Waals surface area contributed by atoms with Crippen LogP contribution in [0.15, 0.2) is 5.38 Å². The first-order valence-electron chi connectivity index (χ1n) is 5.07. The van der Waals surface area contributed by atoms with Gasteiger partial charge in [-0.05, 0) is 13.3 Å². The van der Waals surface area contributed by atoms with E-state index >= 15 is 0 Å². The second-order valence-electron chi connectivity index (χ2n) is 3.11. The highest BCUT2D eigenvalue weighted by atomic mass is 32.1. The third kappa shape index (κ3) is 3.04. The smallest absolute Gasteiger partial charge is 0.122 e. The zero-order valence-corrected chi connectivity index (χ0v) is 9.64. The normalized spacial score (nSPS) is 13.1. The van der Waals surface area contributed by atoms with Crippen LogP contribution < -0.4 is 5.73 Å². The zero-order chi connectivity index (χ0) is 10.4. The lowest BCUT2D eigenvalue weighted by atomic mass is 10.2. The summed E-state index contributed by atoms with van der Waals surface area (Å²) in [5, 5.41) is 3.07. The van der Waals surface area contributed by atoms with Crippen molar-refractivity contribution in [3.05, 3.63) is 16.1 Å². The fourth-order valence-electron chi connectivity index (χ4n) is 1.31. The molecule has 0 saturated carbocycles.